The largest absolute Gasteiger partial charge is 0.378 e. The number of sulfonamides is 1. The molecule has 1 aromatic rings. The maximum atomic E-state index is 12.3. The summed E-state index contributed by atoms with van der Waals surface area (Å²) in [7, 11) is -2.02. The van der Waals surface area contributed by atoms with E-state index < -0.39 is 10.0 Å². The van der Waals surface area contributed by atoms with E-state index in [0.29, 0.717) is 22.6 Å². The van der Waals surface area contributed by atoms with Gasteiger partial charge in [-0.3, -0.25) is 0 Å². The summed E-state index contributed by atoms with van der Waals surface area (Å²) in [4.78, 5) is 0.172. The highest BCUT2D eigenvalue weighted by Gasteiger charge is 2.31. The van der Waals surface area contributed by atoms with Gasteiger partial charge in [0.15, 0.2) is 0 Å². The Morgan fingerprint density at radius 2 is 2.21 bits per heavy atom. The Bertz CT molecular complexity index is 567. The summed E-state index contributed by atoms with van der Waals surface area (Å²) < 4.78 is 32.9. The molecule has 1 aliphatic heterocycles. The molecule has 5 nitrogen and oxygen atoms in total. The van der Waals surface area contributed by atoms with Gasteiger partial charge in [-0.15, -0.1) is 0 Å². The highest BCUT2D eigenvalue weighted by Crippen LogP contribution is 2.25. The predicted molar refractivity (Wildman–Crippen MR) is 76.9 cm³/mol. The molecule has 0 aromatic heterocycles. The van der Waals surface area contributed by atoms with Crippen LogP contribution in [-0.2, 0) is 14.8 Å². The van der Waals surface area contributed by atoms with Crippen LogP contribution in [0.1, 0.15) is 0 Å². The molecule has 2 N–H and O–H groups in total. The van der Waals surface area contributed by atoms with E-state index in [1.54, 1.807) is 13.2 Å². The zero-order valence-electron chi connectivity index (χ0n) is 10.2. The first kappa shape index (κ1) is 15.2. The summed E-state index contributed by atoms with van der Waals surface area (Å²) in [6.07, 6.45) is -0.162. The summed E-state index contributed by atoms with van der Waals surface area (Å²) >= 11 is 9.07. The molecule has 2 atom stereocenters. The predicted octanol–water partition coefficient (Wildman–Crippen LogP) is 1.37. The van der Waals surface area contributed by atoms with Crippen molar-refractivity contribution in [1.82, 2.24) is 10.0 Å². The Morgan fingerprint density at radius 3 is 2.84 bits per heavy atom. The van der Waals surface area contributed by atoms with Gasteiger partial charge in [0.2, 0.25) is 10.0 Å². The second-order valence-corrected chi connectivity index (χ2v) is 7.21. The second kappa shape index (κ2) is 6.07. The van der Waals surface area contributed by atoms with Crippen LogP contribution < -0.4 is 10.0 Å². The maximum absolute atomic E-state index is 12.3. The molecule has 1 heterocycles. The van der Waals surface area contributed by atoms with Crippen molar-refractivity contribution in [3.8, 4) is 0 Å². The maximum Gasteiger partial charge on any atom is 0.240 e. The minimum Gasteiger partial charge on any atom is -0.378 e. The molecular formula is C11H14BrClN2O3S. The number of methoxy groups -OCH3 is 1. The number of rotatable bonds is 4. The molecule has 1 aliphatic rings. The summed E-state index contributed by atoms with van der Waals surface area (Å²) in [5.41, 5.74) is 0. The summed E-state index contributed by atoms with van der Waals surface area (Å²) in [6, 6.07) is 4.22. The SMILES string of the molecule is CO[C@H]1CNCC1NS(=O)(=O)c1ccc(Cl)c(Br)c1. The van der Waals surface area contributed by atoms with Gasteiger partial charge in [0, 0.05) is 24.7 Å². The molecule has 0 spiro atoms. The lowest BCUT2D eigenvalue weighted by atomic mass is 10.2. The molecule has 1 saturated heterocycles. The third kappa shape index (κ3) is 3.48. The smallest absolute Gasteiger partial charge is 0.240 e. The van der Waals surface area contributed by atoms with Crippen LogP contribution >= 0.6 is 27.5 Å². The molecule has 1 fully saturated rings. The van der Waals surface area contributed by atoms with E-state index in [1.807, 2.05) is 0 Å². The van der Waals surface area contributed by atoms with Gasteiger partial charge < -0.3 is 10.1 Å². The third-order valence-corrected chi connectivity index (χ3v) is 5.67. The second-order valence-electron chi connectivity index (χ2n) is 4.24. The number of benzene rings is 1. The first-order valence-electron chi connectivity index (χ1n) is 5.65. The van der Waals surface area contributed by atoms with Crippen molar-refractivity contribution in [2.24, 2.45) is 0 Å². The zero-order chi connectivity index (χ0) is 14.0. The summed E-state index contributed by atoms with van der Waals surface area (Å²) in [5.74, 6) is 0. The standard InChI is InChI=1S/C11H14BrClN2O3S/c1-18-11-6-14-5-10(11)15-19(16,17)7-2-3-9(13)8(12)4-7/h2-4,10-11,14-15H,5-6H2,1H3/t10?,11-/m0/s1. The van der Waals surface area contributed by atoms with Gasteiger partial charge in [-0.05, 0) is 34.1 Å². The Morgan fingerprint density at radius 1 is 1.47 bits per heavy atom. The summed E-state index contributed by atoms with van der Waals surface area (Å²) in [6.45, 7) is 1.18. The molecule has 8 heteroatoms. The highest BCUT2D eigenvalue weighted by molar-refractivity contribution is 9.10. The van der Waals surface area contributed by atoms with Gasteiger partial charge in [0.05, 0.1) is 22.1 Å². The average Bonchev–Trinajstić information content (AvgIpc) is 2.79. The van der Waals surface area contributed by atoms with E-state index in [4.69, 9.17) is 16.3 Å². The number of halogens is 2. The van der Waals surface area contributed by atoms with Crippen LogP contribution in [0.3, 0.4) is 0 Å². The van der Waals surface area contributed by atoms with Crippen molar-refractivity contribution in [2.45, 2.75) is 17.0 Å². The Labute approximate surface area is 125 Å². The van der Waals surface area contributed by atoms with E-state index >= 15 is 0 Å². The quantitative estimate of drug-likeness (QED) is 0.841. The van der Waals surface area contributed by atoms with E-state index in [2.05, 4.69) is 26.0 Å². The Balaban J connectivity index is 2.20. The van der Waals surface area contributed by atoms with Crippen LogP contribution in [0.25, 0.3) is 0 Å². The number of ether oxygens (including phenoxy) is 1. The van der Waals surface area contributed by atoms with E-state index in [9.17, 15) is 8.42 Å². The lowest BCUT2D eigenvalue weighted by Gasteiger charge is -2.18. The fraction of sp³-hybridized carbons (Fsp3) is 0.455. The summed E-state index contributed by atoms with van der Waals surface area (Å²) in [5, 5.41) is 3.55. The first-order valence-corrected chi connectivity index (χ1v) is 8.30. The molecular weight excluding hydrogens is 356 g/mol. The minimum atomic E-state index is -3.58. The average molecular weight is 370 g/mol. The third-order valence-electron chi connectivity index (χ3n) is 2.97. The fourth-order valence-electron chi connectivity index (χ4n) is 1.93. The molecule has 2 rings (SSSR count). The van der Waals surface area contributed by atoms with Crippen molar-refractivity contribution in [3.05, 3.63) is 27.7 Å². The van der Waals surface area contributed by atoms with Crippen LogP contribution in [-0.4, -0.2) is 40.8 Å². The molecule has 0 radical (unpaired) electrons. The highest BCUT2D eigenvalue weighted by atomic mass is 79.9. The minimum absolute atomic E-state index is 0.162. The monoisotopic (exact) mass is 368 g/mol. The number of nitrogens with one attached hydrogen (secondary N) is 2. The lowest BCUT2D eigenvalue weighted by Crippen LogP contribution is -2.43. The Kier molecular flexibility index (Phi) is 4.86. The Hall–Kier alpha value is -0.180. The molecule has 0 aliphatic carbocycles. The van der Waals surface area contributed by atoms with Gasteiger partial charge in [-0.1, -0.05) is 11.6 Å². The lowest BCUT2D eigenvalue weighted by molar-refractivity contribution is 0.103. The topological polar surface area (TPSA) is 67.4 Å². The molecule has 19 heavy (non-hydrogen) atoms. The van der Waals surface area contributed by atoms with Crippen molar-refractivity contribution in [3.63, 3.8) is 0 Å². The van der Waals surface area contributed by atoms with Crippen LogP contribution in [0.2, 0.25) is 5.02 Å². The van der Waals surface area contributed by atoms with Gasteiger partial charge in [0.25, 0.3) is 0 Å². The van der Waals surface area contributed by atoms with Crippen LogP contribution in [0.5, 0.6) is 0 Å². The van der Waals surface area contributed by atoms with Gasteiger partial charge >= 0.3 is 0 Å². The van der Waals surface area contributed by atoms with E-state index in [-0.39, 0.29) is 17.0 Å². The molecule has 106 valence electrons. The molecule has 1 aromatic carbocycles. The number of hydrogen-bond donors (Lipinski definition) is 2. The van der Waals surface area contributed by atoms with E-state index in [0.717, 1.165) is 0 Å². The molecule has 1 unspecified atom stereocenters. The molecule has 0 saturated carbocycles. The molecule has 0 bridgehead atoms. The fourth-order valence-corrected chi connectivity index (χ4v) is 3.87. The van der Waals surface area contributed by atoms with Crippen LogP contribution in [0.15, 0.2) is 27.6 Å². The van der Waals surface area contributed by atoms with Crippen LogP contribution in [0, 0.1) is 0 Å². The van der Waals surface area contributed by atoms with Gasteiger partial charge in [-0.2, -0.15) is 0 Å². The molecule has 0 amide bonds. The van der Waals surface area contributed by atoms with Gasteiger partial charge in [-0.25, -0.2) is 13.1 Å². The van der Waals surface area contributed by atoms with Crippen LogP contribution in [0.4, 0.5) is 0 Å². The van der Waals surface area contributed by atoms with Gasteiger partial charge in [0.1, 0.15) is 0 Å². The number of hydrogen-bond acceptors (Lipinski definition) is 4. The van der Waals surface area contributed by atoms with Crippen molar-refractivity contribution in [1.29, 1.82) is 0 Å². The first-order chi connectivity index (χ1) is 8.94. The van der Waals surface area contributed by atoms with Crippen molar-refractivity contribution < 1.29 is 13.2 Å². The van der Waals surface area contributed by atoms with Crippen molar-refractivity contribution in [2.75, 3.05) is 20.2 Å². The zero-order valence-corrected chi connectivity index (χ0v) is 13.3. The van der Waals surface area contributed by atoms with E-state index in [1.165, 1.54) is 12.1 Å². The normalized spacial score (nSPS) is 23.7. The van der Waals surface area contributed by atoms with Crippen molar-refractivity contribution >= 4 is 37.6 Å².